The van der Waals surface area contributed by atoms with Gasteiger partial charge in [0.25, 0.3) is 0 Å². The van der Waals surface area contributed by atoms with Crippen LogP contribution >= 0.6 is 24.0 Å². The van der Waals surface area contributed by atoms with Crippen molar-refractivity contribution in [3.8, 4) is 5.75 Å². The van der Waals surface area contributed by atoms with Crippen LogP contribution in [0.2, 0.25) is 5.15 Å². The average Bonchev–Trinajstić information content (AvgIpc) is 3.04. The van der Waals surface area contributed by atoms with Crippen LogP contribution < -0.4 is 10.5 Å². The molecule has 0 aliphatic carbocycles. The molecule has 1 atom stereocenters. The van der Waals surface area contributed by atoms with Crippen molar-refractivity contribution in [3.63, 3.8) is 0 Å². The minimum absolute atomic E-state index is 0. The maximum absolute atomic E-state index is 12.7. The van der Waals surface area contributed by atoms with Crippen LogP contribution in [-0.4, -0.2) is 39.9 Å². The molecule has 0 saturated carbocycles. The number of hydrogen-bond donors (Lipinski definition) is 1. The van der Waals surface area contributed by atoms with Gasteiger partial charge in [-0.1, -0.05) is 23.7 Å². The number of carbonyl (C=O) groups excluding carboxylic acids is 1. The molecule has 2 aromatic heterocycles. The Balaban J connectivity index is 0.00000243. The number of carbonyl (C=O) groups is 1. The van der Waals surface area contributed by atoms with Crippen LogP contribution in [0.1, 0.15) is 12.5 Å². The fourth-order valence-electron chi connectivity index (χ4n) is 2.67. The number of hydrogen-bond acceptors (Lipinski definition) is 7. The van der Waals surface area contributed by atoms with E-state index in [4.69, 9.17) is 26.8 Å². The Hall–Kier alpha value is -2.58. The molecule has 2 heterocycles. The third kappa shape index (κ3) is 3.02. The van der Waals surface area contributed by atoms with E-state index in [1.807, 2.05) is 0 Å². The van der Waals surface area contributed by atoms with Crippen molar-refractivity contribution in [1.29, 1.82) is 0 Å². The molecular weight excluding hydrogens is 381 g/mol. The molecule has 26 heavy (non-hydrogen) atoms. The minimum atomic E-state index is -1.31. The van der Waals surface area contributed by atoms with Crippen LogP contribution in [0.5, 0.6) is 5.75 Å². The second kappa shape index (κ2) is 7.35. The van der Waals surface area contributed by atoms with Gasteiger partial charge in [0.1, 0.15) is 10.9 Å². The van der Waals surface area contributed by atoms with Crippen molar-refractivity contribution in [2.75, 3.05) is 20.0 Å². The number of nitrogens with zero attached hydrogens (tertiary/aromatic N) is 4. The first-order valence-corrected chi connectivity index (χ1v) is 7.69. The van der Waals surface area contributed by atoms with Crippen LogP contribution in [0.4, 0.5) is 5.95 Å². The van der Waals surface area contributed by atoms with E-state index >= 15 is 0 Å². The Kier molecular flexibility index (Phi) is 5.58. The van der Waals surface area contributed by atoms with Crippen molar-refractivity contribution in [3.05, 3.63) is 41.2 Å². The van der Waals surface area contributed by atoms with Gasteiger partial charge in [-0.05, 0) is 24.6 Å². The second-order valence-corrected chi connectivity index (χ2v) is 5.82. The molecule has 0 aliphatic heterocycles. The number of rotatable bonds is 4. The molecule has 0 spiro atoms. The summed E-state index contributed by atoms with van der Waals surface area (Å²) in [6.45, 7) is 1.67. The summed E-state index contributed by atoms with van der Waals surface area (Å²) in [5, 5.41) is 4.94. The second-order valence-electron chi connectivity index (χ2n) is 5.46. The van der Waals surface area contributed by atoms with E-state index in [1.54, 1.807) is 38.3 Å². The Morgan fingerprint density at radius 2 is 2.04 bits per heavy atom. The molecule has 1 aromatic carbocycles. The minimum Gasteiger partial charge on any atom is -0.497 e. The van der Waals surface area contributed by atoms with Crippen molar-refractivity contribution in [2.45, 2.75) is 12.5 Å². The van der Waals surface area contributed by atoms with Gasteiger partial charge in [-0.2, -0.15) is 10.1 Å². The third-order valence-electron chi connectivity index (χ3n) is 4.04. The van der Waals surface area contributed by atoms with E-state index in [2.05, 4.69) is 15.1 Å². The first-order chi connectivity index (χ1) is 11.9. The molecule has 3 rings (SSSR count). The highest BCUT2D eigenvalue weighted by Gasteiger charge is 2.41. The lowest BCUT2D eigenvalue weighted by atomic mass is 9.92. The number of halogens is 2. The number of nitrogens with two attached hydrogens (primary N) is 1. The maximum atomic E-state index is 12.7. The highest BCUT2D eigenvalue weighted by molar-refractivity contribution is 6.34. The van der Waals surface area contributed by atoms with Crippen LogP contribution in [0, 0.1) is 0 Å². The number of anilines is 1. The average molecular weight is 398 g/mol. The number of benzene rings is 1. The number of esters is 1. The van der Waals surface area contributed by atoms with E-state index in [-0.39, 0.29) is 23.5 Å². The normalized spacial score (nSPS) is 12.9. The molecule has 0 radical (unpaired) electrons. The lowest BCUT2D eigenvalue weighted by Gasteiger charge is -2.28. The molecule has 10 heteroatoms. The largest absolute Gasteiger partial charge is 0.497 e. The van der Waals surface area contributed by atoms with Gasteiger partial charge in [0.2, 0.25) is 5.95 Å². The van der Waals surface area contributed by atoms with E-state index < -0.39 is 11.5 Å². The Labute approximate surface area is 160 Å². The summed E-state index contributed by atoms with van der Waals surface area (Å²) in [5.41, 5.74) is 5.33. The summed E-state index contributed by atoms with van der Waals surface area (Å²) in [6, 6.07) is 7.06. The fraction of sp³-hybridized carbons (Fsp3) is 0.250. The fourth-order valence-corrected chi connectivity index (χ4v) is 2.89. The zero-order chi connectivity index (χ0) is 18.2. The maximum Gasteiger partial charge on any atom is 0.338 e. The highest BCUT2D eigenvalue weighted by Crippen LogP contribution is 2.33. The van der Waals surface area contributed by atoms with Gasteiger partial charge in [-0.3, -0.25) is 0 Å². The van der Waals surface area contributed by atoms with E-state index in [0.717, 1.165) is 0 Å². The van der Waals surface area contributed by atoms with Gasteiger partial charge in [0, 0.05) is 0 Å². The summed E-state index contributed by atoms with van der Waals surface area (Å²) in [4.78, 5) is 20.8. The molecule has 2 N–H and O–H groups in total. The Morgan fingerprint density at radius 3 is 2.69 bits per heavy atom. The van der Waals surface area contributed by atoms with Crippen molar-refractivity contribution in [2.24, 2.45) is 0 Å². The standard InChI is InChI=1S/C16H16ClN5O3.ClH/c1-16(14(23)25-3,9-5-4-6-10(7-9)24-2)22-13-11(8-19-22)12(17)20-15(18)21-13;/h4-8H,1-3H3,(H2,18,20,21);1H. The van der Waals surface area contributed by atoms with Gasteiger partial charge in [0.05, 0.1) is 25.8 Å². The van der Waals surface area contributed by atoms with Crippen LogP contribution in [0.3, 0.4) is 0 Å². The Bertz CT molecular complexity index is 962. The predicted molar refractivity (Wildman–Crippen MR) is 99.8 cm³/mol. The lowest BCUT2D eigenvalue weighted by Crippen LogP contribution is -2.42. The van der Waals surface area contributed by atoms with Crippen LogP contribution in [-0.2, 0) is 15.1 Å². The summed E-state index contributed by atoms with van der Waals surface area (Å²) in [6.07, 6.45) is 1.48. The molecular formula is C16H17Cl2N5O3. The quantitative estimate of drug-likeness (QED) is 0.532. The summed E-state index contributed by atoms with van der Waals surface area (Å²) in [7, 11) is 2.86. The molecule has 0 bridgehead atoms. The molecule has 138 valence electrons. The molecule has 0 saturated heterocycles. The van der Waals surface area contributed by atoms with E-state index in [1.165, 1.54) is 18.0 Å². The van der Waals surface area contributed by atoms with Gasteiger partial charge < -0.3 is 15.2 Å². The first-order valence-electron chi connectivity index (χ1n) is 7.32. The number of aromatic nitrogens is 4. The number of methoxy groups -OCH3 is 2. The van der Waals surface area contributed by atoms with Crippen LogP contribution in [0.15, 0.2) is 30.5 Å². The van der Waals surface area contributed by atoms with Crippen LogP contribution in [0.25, 0.3) is 11.0 Å². The lowest BCUT2D eigenvalue weighted by molar-refractivity contribution is -0.148. The summed E-state index contributed by atoms with van der Waals surface area (Å²) >= 11 is 6.11. The molecule has 0 fully saturated rings. The van der Waals surface area contributed by atoms with Gasteiger partial charge >= 0.3 is 5.97 Å². The SMILES string of the molecule is COC(=O)C(C)(c1cccc(OC)c1)n1ncc2c(Cl)nc(N)nc21.Cl. The first kappa shape index (κ1) is 19.7. The summed E-state index contributed by atoms with van der Waals surface area (Å²) < 4.78 is 11.7. The highest BCUT2D eigenvalue weighted by atomic mass is 35.5. The third-order valence-corrected chi connectivity index (χ3v) is 4.33. The number of nitrogen functional groups attached to an aromatic ring is 1. The monoisotopic (exact) mass is 397 g/mol. The zero-order valence-corrected chi connectivity index (χ0v) is 15.8. The predicted octanol–water partition coefficient (Wildman–Crippen LogP) is 2.43. The van der Waals surface area contributed by atoms with Crippen molar-refractivity contribution in [1.82, 2.24) is 19.7 Å². The smallest absolute Gasteiger partial charge is 0.338 e. The molecule has 3 aromatic rings. The van der Waals surface area contributed by atoms with E-state index in [9.17, 15) is 4.79 Å². The van der Waals surface area contributed by atoms with Crippen molar-refractivity contribution < 1.29 is 14.3 Å². The van der Waals surface area contributed by atoms with Gasteiger partial charge in [0.15, 0.2) is 11.2 Å². The summed E-state index contributed by atoms with van der Waals surface area (Å²) in [5.74, 6) is 0.0485. The van der Waals surface area contributed by atoms with Gasteiger partial charge in [-0.15, -0.1) is 12.4 Å². The number of ether oxygens (including phenoxy) is 2. The Morgan fingerprint density at radius 1 is 1.31 bits per heavy atom. The topological polar surface area (TPSA) is 105 Å². The van der Waals surface area contributed by atoms with Crippen molar-refractivity contribution >= 4 is 47.0 Å². The molecule has 1 unspecified atom stereocenters. The van der Waals surface area contributed by atoms with E-state index in [0.29, 0.717) is 22.3 Å². The molecule has 0 amide bonds. The van der Waals surface area contributed by atoms with Gasteiger partial charge in [-0.25, -0.2) is 14.5 Å². The molecule has 0 aliphatic rings. The molecule has 8 nitrogen and oxygen atoms in total. The number of fused-ring (bicyclic) bond motifs is 1. The zero-order valence-electron chi connectivity index (χ0n) is 14.3.